The van der Waals surface area contributed by atoms with E-state index in [4.69, 9.17) is 4.98 Å². The van der Waals surface area contributed by atoms with Crippen LogP contribution in [0.3, 0.4) is 0 Å². The van der Waals surface area contributed by atoms with Crippen molar-refractivity contribution in [2.75, 3.05) is 0 Å². The number of nitrogens with zero attached hydrogens (tertiary/aromatic N) is 1. The fraction of sp³-hybridized carbons (Fsp3) is 0.192. The maximum absolute atomic E-state index is 5.05. The van der Waals surface area contributed by atoms with Crippen LogP contribution in [0.5, 0.6) is 0 Å². The largest absolute Gasteiger partial charge is 0.248 e. The first-order chi connectivity index (χ1) is 13.3. The Kier molecular flexibility index (Phi) is 4.68. The summed E-state index contributed by atoms with van der Waals surface area (Å²) in [6.07, 6.45) is 0. The number of pyridine rings is 1. The van der Waals surface area contributed by atoms with Crippen molar-refractivity contribution in [1.82, 2.24) is 4.98 Å². The normalized spacial score (nSPS) is 11.8. The third kappa shape index (κ3) is 3.52. The van der Waals surface area contributed by atoms with E-state index in [2.05, 4.69) is 106 Å². The fourth-order valence-corrected chi connectivity index (χ4v) is 5.64. The van der Waals surface area contributed by atoms with Gasteiger partial charge in [0.05, 0.1) is 19.3 Å². The van der Waals surface area contributed by atoms with Gasteiger partial charge in [-0.15, -0.1) is 0 Å². The van der Waals surface area contributed by atoms with Gasteiger partial charge in [0.25, 0.3) is 0 Å². The van der Waals surface area contributed by atoms with Crippen molar-refractivity contribution in [3.63, 3.8) is 0 Å². The lowest BCUT2D eigenvalue weighted by atomic mass is 9.99. The van der Waals surface area contributed by atoms with Crippen LogP contribution in [0, 0.1) is 13.8 Å². The highest BCUT2D eigenvalue weighted by atomic mass is 28.3. The zero-order valence-corrected chi connectivity index (χ0v) is 18.4. The molecule has 4 aromatic rings. The third-order valence-electron chi connectivity index (χ3n) is 5.26. The average molecular weight is 382 g/mol. The lowest BCUT2D eigenvalue weighted by molar-refractivity contribution is 1.34. The molecule has 0 aliphatic carbocycles. The van der Waals surface area contributed by atoms with Crippen LogP contribution in [0.25, 0.3) is 33.3 Å². The Labute approximate surface area is 169 Å². The molecule has 0 spiro atoms. The second kappa shape index (κ2) is 7.03. The van der Waals surface area contributed by atoms with E-state index in [-0.39, 0.29) is 0 Å². The van der Waals surface area contributed by atoms with Crippen molar-refractivity contribution >= 4 is 24.2 Å². The van der Waals surface area contributed by atoms with Gasteiger partial charge in [-0.2, -0.15) is 0 Å². The predicted molar refractivity (Wildman–Crippen MR) is 125 cm³/mol. The Morgan fingerprint density at radius 3 is 2.00 bits per heavy atom. The van der Waals surface area contributed by atoms with Crippen molar-refractivity contribution in [3.05, 3.63) is 83.9 Å². The molecule has 0 fully saturated rings. The van der Waals surface area contributed by atoms with Gasteiger partial charge in [0.1, 0.15) is 0 Å². The van der Waals surface area contributed by atoms with Crippen molar-refractivity contribution in [2.45, 2.75) is 33.5 Å². The summed E-state index contributed by atoms with van der Waals surface area (Å²) in [5.74, 6) is 0. The highest BCUT2D eigenvalue weighted by molar-refractivity contribution is 6.90. The molecule has 28 heavy (non-hydrogen) atoms. The van der Waals surface area contributed by atoms with Crippen LogP contribution in [0.4, 0.5) is 0 Å². The summed E-state index contributed by atoms with van der Waals surface area (Å²) >= 11 is 0. The number of benzene rings is 3. The molecule has 0 N–H and O–H groups in total. The molecule has 3 aromatic carbocycles. The van der Waals surface area contributed by atoms with E-state index < -0.39 is 8.07 Å². The molecule has 4 rings (SSSR count). The van der Waals surface area contributed by atoms with Gasteiger partial charge in [0.15, 0.2) is 0 Å². The van der Waals surface area contributed by atoms with Crippen LogP contribution in [0.15, 0.2) is 72.8 Å². The van der Waals surface area contributed by atoms with E-state index in [1.54, 1.807) is 0 Å². The van der Waals surface area contributed by atoms with Crippen LogP contribution >= 0.6 is 0 Å². The van der Waals surface area contributed by atoms with E-state index >= 15 is 0 Å². The zero-order chi connectivity index (χ0) is 19.9. The molecule has 0 saturated heterocycles. The Balaban J connectivity index is 1.97. The highest BCUT2D eigenvalue weighted by Crippen LogP contribution is 2.31. The summed E-state index contributed by atoms with van der Waals surface area (Å²) in [4.78, 5) is 5.05. The molecule has 0 unspecified atom stereocenters. The van der Waals surface area contributed by atoms with Crippen molar-refractivity contribution in [1.29, 1.82) is 0 Å². The maximum atomic E-state index is 5.05. The topological polar surface area (TPSA) is 12.9 Å². The average Bonchev–Trinajstić information content (AvgIpc) is 2.65. The molecule has 2 heteroatoms. The molecule has 0 bridgehead atoms. The van der Waals surface area contributed by atoms with Gasteiger partial charge in [-0.25, -0.2) is 4.98 Å². The summed E-state index contributed by atoms with van der Waals surface area (Å²) in [6.45, 7) is 11.5. The zero-order valence-electron chi connectivity index (χ0n) is 17.4. The molecule has 0 saturated carbocycles. The van der Waals surface area contributed by atoms with Crippen LogP contribution in [-0.2, 0) is 0 Å². The quantitative estimate of drug-likeness (QED) is 0.358. The Morgan fingerprint density at radius 1 is 0.679 bits per heavy atom. The standard InChI is InChI=1S/C26H27NSi/c1-18-15-19(2)17-21(16-18)23-12-11-22-24(27-23)13-14-25(28(3,4)5)26(22)20-9-7-6-8-10-20/h6-17H,1-5H3. The minimum Gasteiger partial charge on any atom is -0.248 e. The first-order valence-electron chi connectivity index (χ1n) is 9.91. The summed E-state index contributed by atoms with van der Waals surface area (Å²) in [5.41, 5.74) is 8.49. The molecular weight excluding hydrogens is 354 g/mol. The minimum atomic E-state index is -1.50. The predicted octanol–water partition coefficient (Wildman–Crippen LogP) is 6.73. The Hall–Kier alpha value is -2.71. The number of rotatable bonds is 3. The van der Waals surface area contributed by atoms with Gasteiger partial charge in [-0.1, -0.05) is 84.5 Å². The molecule has 0 amide bonds. The Morgan fingerprint density at radius 2 is 1.36 bits per heavy atom. The Bertz CT molecular complexity index is 1130. The molecule has 0 aliphatic heterocycles. The SMILES string of the molecule is Cc1cc(C)cc(-c2ccc3c(-c4ccccc4)c([Si](C)(C)C)ccc3n2)c1. The van der Waals surface area contributed by atoms with Crippen LogP contribution < -0.4 is 5.19 Å². The van der Waals surface area contributed by atoms with E-state index in [0.29, 0.717) is 0 Å². The first kappa shape index (κ1) is 18.6. The second-order valence-electron chi connectivity index (χ2n) is 8.74. The molecule has 140 valence electrons. The van der Waals surface area contributed by atoms with Crippen molar-refractivity contribution in [2.24, 2.45) is 0 Å². The van der Waals surface area contributed by atoms with Gasteiger partial charge in [-0.05, 0) is 49.2 Å². The molecule has 0 aliphatic rings. The van der Waals surface area contributed by atoms with Crippen LogP contribution in [0.2, 0.25) is 19.6 Å². The van der Waals surface area contributed by atoms with Gasteiger partial charge in [0, 0.05) is 10.9 Å². The molecular formula is C26H27NSi. The van der Waals surface area contributed by atoms with Gasteiger partial charge in [0.2, 0.25) is 0 Å². The van der Waals surface area contributed by atoms with E-state index in [0.717, 1.165) is 11.2 Å². The number of hydrogen-bond donors (Lipinski definition) is 0. The second-order valence-corrected chi connectivity index (χ2v) is 13.8. The molecule has 1 heterocycles. The van der Waals surface area contributed by atoms with Crippen molar-refractivity contribution < 1.29 is 0 Å². The fourth-order valence-electron chi connectivity index (χ4n) is 4.03. The van der Waals surface area contributed by atoms with Gasteiger partial charge < -0.3 is 0 Å². The summed E-state index contributed by atoms with van der Waals surface area (Å²) < 4.78 is 0. The number of aromatic nitrogens is 1. The first-order valence-corrected chi connectivity index (χ1v) is 13.4. The minimum absolute atomic E-state index is 1.04. The van der Waals surface area contributed by atoms with E-state index in [1.807, 2.05) is 0 Å². The van der Waals surface area contributed by atoms with Gasteiger partial charge >= 0.3 is 0 Å². The van der Waals surface area contributed by atoms with Gasteiger partial charge in [-0.3, -0.25) is 0 Å². The number of fused-ring (bicyclic) bond motifs is 1. The van der Waals surface area contributed by atoms with Crippen LogP contribution in [-0.4, -0.2) is 13.1 Å². The summed E-state index contributed by atoms with van der Waals surface area (Å²) in [6, 6.07) is 26.4. The summed E-state index contributed by atoms with van der Waals surface area (Å²) in [5, 5.41) is 2.74. The number of aryl methyl sites for hydroxylation is 2. The smallest absolute Gasteiger partial charge is 0.0784 e. The monoisotopic (exact) mass is 381 g/mol. The van der Waals surface area contributed by atoms with Crippen molar-refractivity contribution in [3.8, 4) is 22.4 Å². The number of hydrogen-bond acceptors (Lipinski definition) is 1. The molecule has 1 nitrogen and oxygen atoms in total. The third-order valence-corrected chi connectivity index (χ3v) is 7.29. The molecule has 1 aromatic heterocycles. The summed E-state index contributed by atoms with van der Waals surface area (Å²) in [7, 11) is -1.50. The van der Waals surface area contributed by atoms with E-state index in [1.165, 1.54) is 38.4 Å². The highest BCUT2D eigenvalue weighted by Gasteiger charge is 2.23. The maximum Gasteiger partial charge on any atom is 0.0784 e. The van der Waals surface area contributed by atoms with E-state index in [9.17, 15) is 0 Å². The lowest BCUT2D eigenvalue weighted by Gasteiger charge is -2.23. The molecule has 0 radical (unpaired) electrons. The van der Waals surface area contributed by atoms with Crippen LogP contribution in [0.1, 0.15) is 11.1 Å². The lowest BCUT2D eigenvalue weighted by Crippen LogP contribution is -2.39. The molecule has 0 atom stereocenters.